The first-order valence-electron chi connectivity index (χ1n) is 3.28. The first-order valence-corrected chi connectivity index (χ1v) is 7.57. The van der Waals surface area contributed by atoms with Crippen molar-refractivity contribution in [2.75, 3.05) is 0 Å². The standard InChI is InChI=1S/C5H10N2O2.3ClH.Co/c1-2-3-4-5(6)7(8)9;;;;/h6H,2-4H2,1H3;3*1H;/q;;;;+3/p-3. The Balaban J connectivity index is 0. The molecule has 0 heterocycles. The summed E-state index contributed by atoms with van der Waals surface area (Å²) in [6, 6.07) is 0. The van der Waals surface area contributed by atoms with Gasteiger partial charge >= 0.3 is 47.2 Å². The summed E-state index contributed by atoms with van der Waals surface area (Å²) in [6.45, 7) is 1.94. The number of hydrogen-bond donors (Lipinski definition) is 1. The fourth-order valence-electron chi connectivity index (χ4n) is 0.436. The number of amidine groups is 1. The molecule has 0 aliphatic rings. The zero-order valence-electron chi connectivity index (χ0n) is 6.85. The van der Waals surface area contributed by atoms with Crippen LogP contribution in [0.1, 0.15) is 26.2 Å². The van der Waals surface area contributed by atoms with Crippen molar-refractivity contribution in [3.8, 4) is 0 Å². The second-order valence-corrected chi connectivity index (χ2v) is 7.11. The van der Waals surface area contributed by atoms with Gasteiger partial charge < -0.3 is 10.1 Å². The van der Waals surface area contributed by atoms with Gasteiger partial charge in [0.2, 0.25) is 0 Å². The minimum atomic E-state index is -1.19. The second-order valence-electron chi connectivity index (χ2n) is 1.95. The maximum atomic E-state index is 9.79. The van der Waals surface area contributed by atoms with Crippen LogP contribution in [0.3, 0.4) is 0 Å². The van der Waals surface area contributed by atoms with Crippen molar-refractivity contribution >= 4 is 36.3 Å². The van der Waals surface area contributed by atoms with Crippen molar-refractivity contribution < 1.29 is 15.9 Å². The van der Waals surface area contributed by atoms with Crippen LogP contribution in [0, 0.1) is 15.5 Å². The van der Waals surface area contributed by atoms with Crippen LogP contribution in [0.25, 0.3) is 0 Å². The van der Waals surface area contributed by atoms with Crippen LogP contribution in [0.2, 0.25) is 0 Å². The maximum absolute atomic E-state index is 9.79. The Labute approximate surface area is 93.7 Å². The first-order chi connectivity index (χ1) is 5.91. The zero-order valence-corrected chi connectivity index (χ0v) is 10.2. The van der Waals surface area contributed by atoms with Crippen molar-refractivity contribution in [2.24, 2.45) is 0 Å². The molecular weight excluding hydrogens is 285 g/mol. The Hall–Kier alpha value is 0.446. The molecule has 1 N–H and O–H groups in total. The normalized spacial score (nSPS) is 9.69. The SMILES string of the molecule is CCCCC(=N)[N+](=O)[O-].[Cl][Co]([Cl])[Cl]. The van der Waals surface area contributed by atoms with E-state index in [0.29, 0.717) is 6.42 Å². The summed E-state index contributed by atoms with van der Waals surface area (Å²) in [5, 5.41) is 16.5. The molecule has 4 nitrogen and oxygen atoms in total. The Morgan fingerprint density at radius 2 is 1.92 bits per heavy atom. The molecule has 0 radical (unpaired) electrons. The van der Waals surface area contributed by atoms with Gasteiger partial charge in [0.15, 0.2) is 0 Å². The van der Waals surface area contributed by atoms with Crippen LogP contribution in [-0.2, 0) is 10.9 Å². The molecular formula is C5H10Cl3CoN2O2. The van der Waals surface area contributed by atoms with Gasteiger partial charge in [0, 0.05) is 0 Å². The molecule has 0 aromatic carbocycles. The first kappa shape index (κ1) is 15.9. The zero-order chi connectivity index (χ0) is 10.9. The fraction of sp³-hybridized carbons (Fsp3) is 0.800. The number of rotatable bonds is 3. The van der Waals surface area contributed by atoms with E-state index in [1.807, 2.05) is 6.92 Å². The summed E-state index contributed by atoms with van der Waals surface area (Å²) in [4.78, 5) is 9.14. The van der Waals surface area contributed by atoms with E-state index in [4.69, 9.17) is 35.8 Å². The quantitative estimate of drug-likeness (QED) is 0.375. The molecule has 0 fully saturated rings. The second kappa shape index (κ2) is 10.5. The number of hydrogen-bond acceptors (Lipinski definition) is 3. The van der Waals surface area contributed by atoms with Gasteiger partial charge in [-0.1, -0.05) is 13.3 Å². The minimum absolute atomic E-state index is 0.295. The summed E-state index contributed by atoms with van der Waals surface area (Å²) < 4.78 is 0. The number of nitro groups is 1. The molecule has 0 rings (SSSR count). The molecule has 0 unspecified atom stereocenters. The van der Waals surface area contributed by atoms with Crippen molar-refractivity contribution in [3.05, 3.63) is 10.1 Å². The van der Waals surface area contributed by atoms with E-state index in [2.05, 4.69) is 0 Å². The van der Waals surface area contributed by atoms with E-state index >= 15 is 0 Å². The average Bonchev–Trinajstić information content (AvgIpc) is 1.98. The van der Waals surface area contributed by atoms with E-state index in [1.165, 1.54) is 0 Å². The van der Waals surface area contributed by atoms with Crippen molar-refractivity contribution in [1.29, 1.82) is 5.41 Å². The number of nitrogens with one attached hydrogen (secondary N) is 1. The summed E-state index contributed by atoms with van der Waals surface area (Å²) in [5.41, 5.74) is 0. The average molecular weight is 295 g/mol. The summed E-state index contributed by atoms with van der Waals surface area (Å²) >= 11 is 0. The number of nitrogens with zero attached hydrogens (tertiary/aromatic N) is 1. The van der Waals surface area contributed by atoms with Gasteiger partial charge in [0.05, 0.1) is 6.42 Å². The summed E-state index contributed by atoms with van der Waals surface area (Å²) in [7, 11) is 13.4. The third-order valence-corrected chi connectivity index (χ3v) is 0.988. The van der Waals surface area contributed by atoms with Gasteiger partial charge in [-0.05, 0) is 11.3 Å². The molecule has 0 aromatic heterocycles. The van der Waals surface area contributed by atoms with Gasteiger partial charge in [0.1, 0.15) is 0 Å². The van der Waals surface area contributed by atoms with Crippen LogP contribution in [0.4, 0.5) is 0 Å². The van der Waals surface area contributed by atoms with E-state index in [1.54, 1.807) is 0 Å². The molecule has 0 saturated carbocycles. The van der Waals surface area contributed by atoms with Gasteiger partial charge in [-0.2, -0.15) is 0 Å². The third-order valence-electron chi connectivity index (χ3n) is 0.988. The number of unbranched alkanes of at least 4 members (excludes halogenated alkanes) is 1. The molecule has 0 spiro atoms. The van der Waals surface area contributed by atoms with Gasteiger partial charge in [-0.15, -0.1) is 5.41 Å². The van der Waals surface area contributed by atoms with Crippen LogP contribution >= 0.6 is 30.4 Å². The molecule has 0 saturated heterocycles. The topological polar surface area (TPSA) is 67.0 Å². The van der Waals surface area contributed by atoms with Crippen molar-refractivity contribution in [3.63, 3.8) is 0 Å². The van der Waals surface area contributed by atoms with Gasteiger partial charge in [-0.3, -0.25) is 0 Å². The molecule has 0 bridgehead atoms. The van der Waals surface area contributed by atoms with Crippen LogP contribution < -0.4 is 0 Å². The Morgan fingerprint density at radius 3 is 2.15 bits per heavy atom. The van der Waals surface area contributed by atoms with Crippen molar-refractivity contribution in [1.82, 2.24) is 0 Å². The fourth-order valence-corrected chi connectivity index (χ4v) is 0.436. The molecule has 82 valence electrons. The van der Waals surface area contributed by atoms with Gasteiger partial charge in [0.25, 0.3) is 0 Å². The van der Waals surface area contributed by atoms with Crippen molar-refractivity contribution in [2.45, 2.75) is 26.2 Å². The third kappa shape index (κ3) is 19.0. The Kier molecular flexibility index (Phi) is 12.9. The number of halogens is 3. The van der Waals surface area contributed by atoms with E-state index < -0.39 is 15.9 Å². The van der Waals surface area contributed by atoms with Crippen LogP contribution in [0.5, 0.6) is 0 Å². The van der Waals surface area contributed by atoms with Crippen LogP contribution in [0.15, 0.2) is 0 Å². The Bertz CT molecular complexity index is 165. The molecule has 13 heavy (non-hydrogen) atoms. The van der Waals surface area contributed by atoms with E-state index in [9.17, 15) is 10.1 Å². The predicted molar refractivity (Wildman–Crippen MR) is 51.8 cm³/mol. The summed E-state index contributed by atoms with van der Waals surface area (Å²) in [5.74, 6) is -0.378. The predicted octanol–water partition coefficient (Wildman–Crippen LogP) is 3.50. The Morgan fingerprint density at radius 1 is 1.54 bits per heavy atom. The molecule has 0 aliphatic heterocycles. The summed E-state index contributed by atoms with van der Waals surface area (Å²) in [6.07, 6.45) is 1.93. The van der Waals surface area contributed by atoms with Crippen LogP contribution in [-0.4, -0.2) is 10.8 Å². The molecule has 8 heteroatoms. The molecule has 0 aliphatic carbocycles. The molecule has 0 aromatic rings. The van der Waals surface area contributed by atoms with Gasteiger partial charge in [-0.25, -0.2) is 0 Å². The van der Waals surface area contributed by atoms with E-state index in [-0.39, 0.29) is 5.84 Å². The monoisotopic (exact) mass is 294 g/mol. The molecule has 0 atom stereocenters. The molecule has 0 amide bonds. The van der Waals surface area contributed by atoms with E-state index in [0.717, 1.165) is 12.8 Å².